The minimum Gasteiger partial charge on any atom is -0.207 e. The Kier molecular flexibility index (Phi) is 3.40. The molecule has 1 aromatic rings. The summed E-state index contributed by atoms with van der Waals surface area (Å²) in [6.07, 6.45) is 6.57. The van der Waals surface area contributed by atoms with Gasteiger partial charge in [0.15, 0.2) is 0 Å². The summed E-state index contributed by atoms with van der Waals surface area (Å²) in [4.78, 5) is 0. The van der Waals surface area contributed by atoms with Crippen molar-refractivity contribution >= 4 is 0 Å². The summed E-state index contributed by atoms with van der Waals surface area (Å²) >= 11 is 0. The zero-order valence-corrected chi connectivity index (χ0v) is 9.38. The van der Waals surface area contributed by atoms with E-state index in [1.54, 1.807) is 12.1 Å². The van der Waals surface area contributed by atoms with Crippen LogP contribution in [-0.4, -0.2) is 0 Å². The van der Waals surface area contributed by atoms with Crippen molar-refractivity contribution in [2.75, 3.05) is 0 Å². The predicted octanol–water partition coefficient (Wildman–Crippen LogP) is 4.51. The third-order valence-corrected chi connectivity index (χ3v) is 3.77. The molecule has 0 aliphatic heterocycles. The molecule has 1 heteroatoms. The molecule has 82 valence electrons. The lowest BCUT2D eigenvalue weighted by Gasteiger charge is -2.28. The topological polar surface area (TPSA) is 0 Å². The molecule has 1 aromatic carbocycles. The normalized spacial score (nSPS) is 26.5. The van der Waals surface area contributed by atoms with Gasteiger partial charge in [-0.3, -0.25) is 0 Å². The van der Waals surface area contributed by atoms with Crippen molar-refractivity contribution in [3.05, 3.63) is 35.6 Å². The zero-order valence-electron chi connectivity index (χ0n) is 9.38. The highest BCUT2D eigenvalue weighted by Gasteiger charge is 2.20. The summed E-state index contributed by atoms with van der Waals surface area (Å²) in [6.45, 7) is 2.28. The smallest absolute Gasteiger partial charge is 0.123 e. The summed E-state index contributed by atoms with van der Waals surface area (Å²) in [5, 5.41) is 0. The van der Waals surface area contributed by atoms with Crippen molar-refractivity contribution in [1.29, 1.82) is 0 Å². The second kappa shape index (κ2) is 4.78. The lowest BCUT2D eigenvalue weighted by molar-refractivity contribution is 0.318. The molecular weight excluding hydrogens is 187 g/mol. The Morgan fingerprint density at radius 3 is 2.20 bits per heavy atom. The minimum atomic E-state index is -0.124. The molecule has 0 heterocycles. The van der Waals surface area contributed by atoms with Gasteiger partial charge >= 0.3 is 0 Å². The van der Waals surface area contributed by atoms with E-state index in [4.69, 9.17) is 0 Å². The van der Waals surface area contributed by atoms with Crippen LogP contribution < -0.4 is 0 Å². The van der Waals surface area contributed by atoms with Gasteiger partial charge in [0.1, 0.15) is 5.82 Å². The first kappa shape index (κ1) is 10.7. The van der Waals surface area contributed by atoms with Crippen LogP contribution in [0, 0.1) is 11.7 Å². The predicted molar refractivity (Wildman–Crippen MR) is 61.4 cm³/mol. The van der Waals surface area contributed by atoms with Crippen molar-refractivity contribution in [3.63, 3.8) is 0 Å². The molecule has 15 heavy (non-hydrogen) atoms. The van der Waals surface area contributed by atoms with Crippen molar-refractivity contribution in [2.24, 2.45) is 5.92 Å². The van der Waals surface area contributed by atoms with Gasteiger partial charge in [0.25, 0.3) is 0 Å². The van der Waals surface area contributed by atoms with Crippen molar-refractivity contribution in [3.8, 4) is 0 Å². The quantitative estimate of drug-likeness (QED) is 0.668. The molecule has 0 bridgehead atoms. The standard InChI is InChI=1S/C14H19F/c1-2-11-3-5-12(6-4-11)13-7-9-14(15)10-8-13/h7-12H,2-6H2,1H3/t11-,12-. The van der Waals surface area contributed by atoms with E-state index in [9.17, 15) is 4.39 Å². The number of benzene rings is 1. The van der Waals surface area contributed by atoms with Gasteiger partial charge in [-0.15, -0.1) is 0 Å². The van der Waals surface area contributed by atoms with Crippen LogP contribution in [-0.2, 0) is 0 Å². The Morgan fingerprint density at radius 2 is 1.67 bits per heavy atom. The summed E-state index contributed by atoms with van der Waals surface area (Å²) in [7, 11) is 0. The molecular formula is C14H19F. The Bertz CT molecular complexity index is 294. The van der Waals surface area contributed by atoms with Crippen LogP contribution in [0.15, 0.2) is 24.3 Å². The van der Waals surface area contributed by atoms with E-state index in [2.05, 4.69) is 6.92 Å². The number of rotatable bonds is 2. The molecule has 0 amide bonds. The molecule has 1 aliphatic rings. The maximum absolute atomic E-state index is 12.8. The molecule has 1 aliphatic carbocycles. The highest BCUT2D eigenvalue weighted by molar-refractivity contribution is 5.20. The van der Waals surface area contributed by atoms with E-state index >= 15 is 0 Å². The minimum absolute atomic E-state index is 0.124. The van der Waals surface area contributed by atoms with Crippen LogP contribution in [0.1, 0.15) is 50.5 Å². The highest BCUT2D eigenvalue weighted by Crippen LogP contribution is 2.36. The summed E-state index contributed by atoms with van der Waals surface area (Å²) in [5.41, 5.74) is 1.32. The van der Waals surface area contributed by atoms with Gasteiger partial charge in [-0.1, -0.05) is 25.5 Å². The lowest BCUT2D eigenvalue weighted by atomic mass is 9.78. The Balaban J connectivity index is 1.98. The average Bonchev–Trinajstić information content (AvgIpc) is 2.30. The Hall–Kier alpha value is -0.850. The molecule has 0 N–H and O–H groups in total. The molecule has 0 unspecified atom stereocenters. The van der Waals surface area contributed by atoms with E-state index in [1.165, 1.54) is 37.7 Å². The Labute approximate surface area is 91.5 Å². The molecule has 0 radical (unpaired) electrons. The van der Waals surface area contributed by atoms with Gasteiger partial charge < -0.3 is 0 Å². The highest BCUT2D eigenvalue weighted by atomic mass is 19.1. The number of hydrogen-bond acceptors (Lipinski definition) is 0. The Morgan fingerprint density at radius 1 is 1.07 bits per heavy atom. The average molecular weight is 206 g/mol. The van der Waals surface area contributed by atoms with Gasteiger partial charge in [-0.05, 0) is 55.2 Å². The van der Waals surface area contributed by atoms with Crippen LogP contribution >= 0.6 is 0 Å². The van der Waals surface area contributed by atoms with Gasteiger partial charge in [0, 0.05) is 0 Å². The molecule has 0 nitrogen and oxygen atoms in total. The third-order valence-electron chi connectivity index (χ3n) is 3.77. The van der Waals surface area contributed by atoms with Crippen molar-refractivity contribution in [1.82, 2.24) is 0 Å². The maximum atomic E-state index is 12.8. The first-order valence-electron chi connectivity index (χ1n) is 6.05. The molecule has 0 saturated heterocycles. The van der Waals surface area contributed by atoms with Crippen LogP contribution in [0.4, 0.5) is 4.39 Å². The van der Waals surface area contributed by atoms with Crippen molar-refractivity contribution < 1.29 is 4.39 Å². The van der Waals surface area contributed by atoms with Gasteiger partial charge in [0.05, 0.1) is 0 Å². The first-order valence-corrected chi connectivity index (χ1v) is 6.05. The number of hydrogen-bond donors (Lipinski definition) is 0. The van der Waals surface area contributed by atoms with E-state index in [-0.39, 0.29) is 5.82 Å². The third kappa shape index (κ3) is 2.58. The van der Waals surface area contributed by atoms with Gasteiger partial charge in [-0.25, -0.2) is 4.39 Å². The fourth-order valence-electron chi connectivity index (χ4n) is 2.64. The fraction of sp³-hybridized carbons (Fsp3) is 0.571. The first-order chi connectivity index (χ1) is 7.29. The molecule has 0 atom stereocenters. The largest absolute Gasteiger partial charge is 0.207 e. The second-order valence-electron chi connectivity index (χ2n) is 4.68. The van der Waals surface area contributed by atoms with E-state index < -0.39 is 0 Å². The van der Waals surface area contributed by atoms with Crippen LogP contribution in [0.25, 0.3) is 0 Å². The van der Waals surface area contributed by atoms with Gasteiger partial charge in [0.2, 0.25) is 0 Å². The maximum Gasteiger partial charge on any atom is 0.123 e. The fourth-order valence-corrected chi connectivity index (χ4v) is 2.64. The molecule has 0 spiro atoms. The summed E-state index contributed by atoms with van der Waals surface area (Å²) < 4.78 is 12.8. The second-order valence-corrected chi connectivity index (χ2v) is 4.68. The monoisotopic (exact) mass is 206 g/mol. The summed E-state index contributed by atoms with van der Waals surface area (Å²) in [5.74, 6) is 1.48. The molecule has 1 fully saturated rings. The summed E-state index contributed by atoms with van der Waals surface area (Å²) in [6, 6.07) is 7.07. The van der Waals surface area contributed by atoms with E-state index in [0.29, 0.717) is 5.92 Å². The molecule has 2 rings (SSSR count). The lowest BCUT2D eigenvalue weighted by Crippen LogP contribution is -2.12. The van der Waals surface area contributed by atoms with E-state index in [1.807, 2.05) is 12.1 Å². The molecule has 1 saturated carbocycles. The van der Waals surface area contributed by atoms with Gasteiger partial charge in [-0.2, -0.15) is 0 Å². The number of halogens is 1. The van der Waals surface area contributed by atoms with Crippen LogP contribution in [0.3, 0.4) is 0 Å². The SMILES string of the molecule is CC[C@H]1CC[C@H](c2ccc(F)cc2)CC1. The zero-order chi connectivity index (χ0) is 10.7. The molecule has 0 aromatic heterocycles. The van der Waals surface area contributed by atoms with Crippen molar-refractivity contribution in [2.45, 2.75) is 44.9 Å². The van der Waals surface area contributed by atoms with E-state index in [0.717, 1.165) is 5.92 Å². The van der Waals surface area contributed by atoms with Crippen LogP contribution in [0.2, 0.25) is 0 Å². The van der Waals surface area contributed by atoms with Crippen LogP contribution in [0.5, 0.6) is 0 Å².